The molecule has 3 heterocycles. The minimum absolute atomic E-state index is 0.0842. The molecule has 0 unspecified atom stereocenters. The number of aromatic nitrogens is 3. The van der Waals surface area contributed by atoms with Crippen molar-refractivity contribution in [3.8, 4) is 0 Å². The fraction of sp³-hybridized carbons (Fsp3) is 0.474. The van der Waals surface area contributed by atoms with Crippen molar-refractivity contribution in [2.24, 2.45) is 5.92 Å². The zero-order valence-corrected chi connectivity index (χ0v) is 14.4. The number of amides is 1. The Hall–Kier alpha value is -2.54. The summed E-state index contributed by atoms with van der Waals surface area (Å²) < 4.78 is 6.05. The van der Waals surface area contributed by atoms with Crippen molar-refractivity contribution < 1.29 is 9.53 Å². The van der Waals surface area contributed by atoms with Crippen molar-refractivity contribution in [3.05, 3.63) is 48.2 Å². The van der Waals surface area contributed by atoms with Crippen LogP contribution >= 0.6 is 0 Å². The van der Waals surface area contributed by atoms with Crippen LogP contribution in [0.3, 0.4) is 0 Å². The summed E-state index contributed by atoms with van der Waals surface area (Å²) in [6, 6.07) is 3.59. The Kier molecular flexibility index (Phi) is 3.46. The quantitative estimate of drug-likeness (QED) is 0.856. The fourth-order valence-electron chi connectivity index (χ4n) is 4.43. The van der Waals surface area contributed by atoms with Crippen LogP contribution < -0.4 is 10.6 Å². The number of nitrogens with zero attached hydrogens (tertiary/aromatic N) is 3. The van der Waals surface area contributed by atoms with Crippen molar-refractivity contribution in [2.45, 2.75) is 43.4 Å². The van der Waals surface area contributed by atoms with Crippen molar-refractivity contribution >= 4 is 11.7 Å². The predicted octanol–water partition coefficient (Wildman–Crippen LogP) is 1.93. The van der Waals surface area contributed by atoms with E-state index in [0.717, 1.165) is 31.6 Å². The van der Waals surface area contributed by atoms with E-state index in [1.165, 1.54) is 6.42 Å². The third-order valence-electron chi connectivity index (χ3n) is 6.08. The Balaban J connectivity index is 1.33. The topological polar surface area (TPSA) is 89.0 Å². The molecule has 3 fully saturated rings. The van der Waals surface area contributed by atoms with Crippen LogP contribution in [0.2, 0.25) is 0 Å². The molecule has 2 atom stereocenters. The van der Waals surface area contributed by atoms with Gasteiger partial charge < -0.3 is 15.4 Å². The first-order chi connectivity index (χ1) is 12.7. The van der Waals surface area contributed by atoms with Gasteiger partial charge in [-0.1, -0.05) is 0 Å². The second kappa shape index (κ2) is 5.74. The maximum atomic E-state index is 13.0. The van der Waals surface area contributed by atoms with Gasteiger partial charge in [-0.25, -0.2) is 4.98 Å². The molecule has 1 saturated heterocycles. The van der Waals surface area contributed by atoms with Crippen LogP contribution in [-0.2, 0) is 11.3 Å². The number of carbonyl (C=O) groups excluding carboxylic acids is 1. The fourth-order valence-corrected chi connectivity index (χ4v) is 4.43. The molecule has 0 radical (unpaired) electrons. The number of carbonyl (C=O) groups is 1. The van der Waals surface area contributed by atoms with Crippen LogP contribution in [0.1, 0.15) is 41.7 Å². The summed E-state index contributed by atoms with van der Waals surface area (Å²) in [6.07, 6.45) is 11.0. The normalized spacial score (nSPS) is 27.5. The molecule has 2 aromatic rings. The largest absolute Gasteiger partial charge is 0.372 e. The van der Waals surface area contributed by atoms with Crippen molar-refractivity contribution in [2.75, 3.05) is 11.9 Å². The van der Waals surface area contributed by atoms with Crippen molar-refractivity contribution in [1.29, 1.82) is 0 Å². The van der Waals surface area contributed by atoms with Gasteiger partial charge in [0, 0.05) is 24.5 Å². The molecule has 2 N–H and O–H groups in total. The van der Waals surface area contributed by atoms with Gasteiger partial charge in [0.15, 0.2) is 0 Å². The number of pyridine rings is 1. The summed E-state index contributed by atoms with van der Waals surface area (Å²) in [5, 5.41) is 6.51. The zero-order chi connectivity index (χ0) is 17.6. The standard InChI is InChI=1S/C19H21N5O2/c25-17(24-19-9-13(19)12-26-18(19)4-2-5-18)15-3-1-6-22-16(15)23-11-14-10-20-7-8-21-14/h1,3,6-8,10,13H,2,4-5,9,11-12H2,(H,22,23)(H,24,25)/t13-,19+/m0/s1. The lowest BCUT2D eigenvalue weighted by Crippen LogP contribution is -2.58. The molecule has 0 bridgehead atoms. The highest BCUT2D eigenvalue weighted by atomic mass is 16.5. The smallest absolute Gasteiger partial charge is 0.255 e. The molecule has 1 spiro atoms. The van der Waals surface area contributed by atoms with Gasteiger partial charge in [-0.2, -0.15) is 0 Å². The minimum Gasteiger partial charge on any atom is -0.372 e. The van der Waals surface area contributed by atoms with E-state index in [-0.39, 0.29) is 17.0 Å². The molecule has 2 aromatic heterocycles. The van der Waals surface area contributed by atoms with Crippen LogP contribution in [0.25, 0.3) is 0 Å². The third-order valence-corrected chi connectivity index (χ3v) is 6.08. The lowest BCUT2D eigenvalue weighted by molar-refractivity contribution is -0.0939. The summed E-state index contributed by atoms with van der Waals surface area (Å²) >= 11 is 0. The molecule has 134 valence electrons. The molecular weight excluding hydrogens is 330 g/mol. The van der Waals surface area contributed by atoms with Gasteiger partial charge in [-0.3, -0.25) is 14.8 Å². The molecular formula is C19H21N5O2. The zero-order valence-electron chi connectivity index (χ0n) is 14.4. The Labute approximate surface area is 151 Å². The molecule has 5 rings (SSSR count). The van der Waals surface area contributed by atoms with Gasteiger partial charge in [0.2, 0.25) is 0 Å². The Morgan fingerprint density at radius 2 is 2.19 bits per heavy atom. The number of nitrogens with one attached hydrogen (secondary N) is 2. The van der Waals surface area contributed by atoms with Gasteiger partial charge in [-0.05, 0) is 37.8 Å². The summed E-state index contributed by atoms with van der Waals surface area (Å²) in [5.74, 6) is 0.935. The van der Waals surface area contributed by atoms with Crippen molar-refractivity contribution in [3.63, 3.8) is 0 Å². The Bertz CT molecular complexity index is 839. The summed E-state index contributed by atoms with van der Waals surface area (Å²) in [5.41, 5.74) is 1.06. The first kappa shape index (κ1) is 15.7. The molecule has 26 heavy (non-hydrogen) atoms. The number of ether oxygens (including phenoxy) is 1. The molecule has 3 aliphatic rings. The summed E-state index contributed by atoms with van der Waals surface area (Å²) in [6.45, 7) is 1.23. The van der Waals surface area contributed by atoms with E-state index in [4.69, 9.17) is 4.74 Å². The first-order valence-corrected chi connectivity index (χ1v) is 9.13. The van der Waals surface area contributed by atoms with Crippen molar-refractivity contribution in [1.82, 2.24) is 20.3 Å². The van der Waals surface area contributed by atoms with E-state index >= 15 is 0 Å². The predicted molar refractivity (Wildman–Crippen MR) is 94.4 cm³/mol. The summed E-state index contributed by atoms with van der Waals surface area (Å²) in [7, 11) is 0. The highest BCUT2D eigenvalue weighted by Crippen LogP contribution is 2.64. The lowest BCUT2D eigenvalue weighted by atomic mass is 9.72. The molecule has 1 amide bonds. The monoisotopic (exact) mass is 351 g/mol. The van der Waals surface area contributed by atoms with E-state index in [2.05, 4.69) is 25.6 Å². The SMILES string of the molecule is O=C(N[C@]12C[C@H]1COC21CCC1)c1cccnc1NCc1cnccn1. The van der Waals surface area contributed by atoms with E-state index in [9.17, 15) is 4.79 Å². The highest BCUT2D eigenvalue weighted by Gasteiger charge is 2.74. The Morgan fingerprint density at radius 3 is 2.92 bits per heavy atom. The second-order valence-electron chi connectivity index (χ2n) is 7.44. The van der Waals surface area contributed by atoms with Crippen LogP contribution in [0, 0.1) is 5.92 Å². The minimum atomic E-state index is -0.166. The highest BCUT2D eigenvalue weighted by molar-refractivity contribution is 5.99. The second-order valence-corrected chi connectivity index (χ2v) is 7.44. The van der Waals surface area contributed by atoms with Gasteiger partial charge in [0.05, 0.1) is 41.7 Å². The van der Waals surface area contributed by atoms with E-state index in [1.54, 1.807) is 36.9 Å². The molecule has 0 aromatic carbocycles. The molecule has 7 heteroatoms. The molecule has 2 aliphatic carbocycles. The average Bonchev–Trinajstić information content (AvgIpc) is 3.25. The van der Waals surface area contributed by atoms with Crippen LogP contribution in [0.15, 0.2) is 36.9 Å². The van der Waals surface area contributed by atoms with Gasteiger partial charge in [0.25, 0.3) is 5.91 Å². The number of fused-ring (bicyclic) bond motifs is 2. The maximum Gasteiger partial charge on any atom is 0.255 e. The van der Waals surface area contributed by atoms with Gasteiger partial charge >= 0.3 is 0 Å². The maximum absolute atomic E-state index is 13.0. The Morgan fingerprint density at radius 1 is 1.27 bits per heavy atom. The molecule has 7 nitrogen and oxygen atoms in total. The average molecular weight is 351 g/mol. The van der Waals surface area contributed by atoms with Gasteiger partial charge in [-0.15, -0.1) is 0 Å². The first-order valence-electron chi connectivity index (χ1n) is 9.13. The van der Waals surface area contributed by atoms with Crippen LogP contribution in [-0.4, -0.2) is 38.6 Å². The molecule has 1 aliphatic heterocycles. The van der Waals surface area contributed by atoms with E-state index < -0.39 is 0 Å². The van der Waals surface area contributed by atoms with Gasteiger partial charge in [0.1, 0.15) is 5.82 Å². The van der Waals surface area contributed by atoms with Crippen LogP contribution in [0.4, 0.5) is 5.82 Å². The number of hydrogen-bond donors (Lipinski definition) is 2. The number of hydrogen-bond acceptors (Lipinski definition) is 6. The summed E-state index contributed by atoms with van der Waals surface area (Å²) in [4.78, 5) is 25.7. The van der Waals surface area contributed by atoms with E-state index in [1.807, 2.05) is 0 Å². The third kappa shape index (κ3) is 2.30. The number of anilines is 1. The number of rotatable bonds is 5. The molecule has 2 saturated carbocycles. The lowest BCUT2D eigenvalue weighted by Gasteiger charge is -2.45. The van der Waals surface area contributed by atoms with Crippen LogP contribution in [0.5, 0.6) is 0 Å². The van der Waals surface area contributed by atoms with E-state index in [0.29, 0.717) is 23.8 Å².